The molecule has 8 nitrogen and oxygen atoms in total. The molecule has 1 aliphatic rings. The van der Waals surface area contributed by atoms with Crippen LogP contribution in [0.2, 0.25) is 10.0 Å². The summed E-state index contributed by atoms with van der Waals surface area (Å²) in [6, 6.07) is 8.66. The molecule has 0 spiro atoms. The van der Waals surface area contributed by atoms with E-state index in [1.54, 1.807) is 0 Å². The Hall–Kier alpha value is -3.57. The minimum absolute atomic E-state index is 0.00831. The van der Waals surface area contributed by atoms with Crippen LogP contribution in [0.15, 0.2) is 47.3 Å². The van der Waals surface area contributed by atoms with Gasteiger partial charge in [-0.3, -0.25) is 19.4 Å². The number of hydrogen-bond acceptors (Lipinski definition) is 5. The minimum atomic E-state index is -4.56. The molecule has 0 saturated carbocycles. The fourth-order valence-corrected chi connectivity index (χ4v) is 3.67. The van der Waals surface area contributed by atoms with Gasteiger partial charge in [-0.1, -0.05) is 29.3 Å². The molecule has 2 aromatic carbocycles. The lowest BCUT2D eigenvalue weighted by molar-refractivity contribution is -0.137. The number of hydrogen-bond donors (Lipinski definition) is 4. The molecule has 1 aliphatic heterocycles. The van der Waals surface area contributed by atoms with E-state index < -0.39 is 35.0 Å². The number of H-pyrrole nitrogens is 1. The fraction of sp³-hybridized carbons (Fsp3) is 0.143. The molecule has 0 aliphatic carbocycles. The number of carbonyl (C=O) groups excluding carboxylic acids is 2. The first-order chi connectivity index (χ1) is 16.0. The number of nitrogens with zero attached hydrogens (tertiary/aromatic N) is 1. The maximum absolute atomic E-state index is 13.0. The van der Waals surface area contributed by atoms with Crippen LogP contribution in [0, 0.1) is 0 Å². The number of alkyl halides is 3. The van der Waals surface area contributed by atoms with Crippen LogP contribution >= 0.6 is 23.2 Å². The quantitative estimate of drug-likeness (QED) is 0.397. The summed E-state index contributed by atoms with van der Waals surface area (Å²) in [5, 5.41) is 8.05. The summed E-state index contributed by atoms with van der Waals surface area (Å²) < 4.78 is 38.9. The second kappa shape index (κ2) is 8.99. The first-order valence-electron chi connectivity index (χ1n) is 9.65. The van der Waals surface area contributed by atoms with Crippen molar-refractivity contribution in [2.24, 2.45) is 0 Å². The molecule has 2 amide bonds. The van der Waals surface area contributed by atoms with Gasteiger partial charge in [-0.15, -0.1) is 0 Å². The molecule has 34 heavy (non-hydrogen) atoms. The summed E-state index contributed by atoms with van der Waals surface area (Å²) in [4.78, 5) is 44.3. The average Bonchev–Trinajstić information content (AvgIpc) is 2.75. The molecular formula is C21H14Cl2F3N5O3. The van der Waals surface area contributed by atoms with Gasteiger partial charge in [0.25, 0.3) is 5.56 Å². The molecule has 0 fully saturated rings. The van der Waals surface area contributed by atoms with Crippen molar-refractivity contribution in [2.45, 2.75) is 18.5 Å². The summed E-state index contributed by atoms with van der Waals surface area (Å²) >= 11 is 11.8. The van der Waals surface area contributed by atoms with Gasteiger partial charge in [-0.2, -0.15) is 18.2 Å². The highest BCUT2D eigenvalue weighted by Crippen LogP contribution is 2.33. The van der Waals surface area contributed by atoms with E-state index >= 15 is 0 Å². The zero-order valence-electron chi connectivity index (χ0n) is 16.9. The number of benzene rings is 2. The lowest BCUT2D eigenvalue weighted by Crippen LogP contribution is -2.36. The van der Waals surface area contributed by atoms with Crippen LogP contribution < -0.4 is 21.5 Å². The zero-order valence-corrected chi connectivity index (χ0v) is 18.4. The molecule has 2 heterocycles. The summed E-state index contributed by atoms with van der Waals surface area (Å²) in [6.07, 6.45) is -4.87. The number of aromatic nitrogens is 2. The smallest absolute Gasteiger partial charge is 0.326 e. The lowest BCUT2D eigenvalue weighted by Gasteiger charge is -2.23. The molecule has 1 aromatic heterocycles. The van der Waals surface area contributed by atoms with Gasteiger partial charge in [0.15, 0.2) is 0 Å². The number of halogens is 5. The standard InChI is InChI=1S/C21H14Cl2F3N5O3/c22-13-5-4-11(7-14(13)23)27-18(33)12-8-15(32)29-17-16(12)19(34)31-20(30-17)28-10-3-1-2-9(6-10)21(24,25)26/h1-7,12H,8H2,(H,27,33)(H3,28,29,30,31,32,34). The van der Waals surface area contributed by atoms with E-state index in [1.807, 2.05) is 0 Å². The SMILES string of the molecule is O=C1CC(C(=O)Nc2ccc(Cl)c(Cl)c2)c2c(nc(Nc3cccc(C(F)(F)F)c3)[nH]c2=O)N1. The van der Waals surface area contributed by atoms with Gasteiger partial charge in [0.05, 0.1) is 27.1 Å². The van der Waals surface area contributed by atoms with Gasteiger partial charge in [-0.05, 0) is 36.4 Å². The molecule has 1 atom stereocenters. The Bertz CT molecular complexity index is 1360. The summed E-state index contributed by atoms with van der Waals surface area (Å²) in [5.41, 5.74) is -1.42. The van der Waals surface area contributed by atoms with Crippen molar-refractivity contribution in [2.75, 3.05) is 16.0 Å². The fourth-order valence-electron chi connectivity index (χ4n) is 3.37. The van der Waals surface area contributed by atoms with Crippen molar-refractivity contribution in [3.05, 3.63) is 74.0 Å². The highest BCUT2D eigenvalue weighted by molar-refractivity contribution is 6.42. The van der Waals surface area contributed by atoms with Gasteiger partial charge in [0.2, 0.25) is 17.8 Å². The largest absolute Gasteiger partial charge is 0.416 e. The van der Waals surface area contributed by atoms with Crippen LogP contribution in [0.25, 0.3) is 0 Å². The van der Waals surface area contributed by atoms with Crippen LogP contribution in [-0.2, 0) is 15.8 Å². The third kappa shape index (κ3) is 5.00. The molecular weight excluding hydrogens is 498 g/mol. The number of anilines is 4. The number of fused-ring (bicyclic) bond motifs is 1. The molecule has 176 valence electrons. The third-order valence-electron chi connectivity index (χ3n) is 4.91. The monoisotopic (exact) mass is 511 g/mol. The van der Waals surface area contributed by atoms with Gasteiger partial charge in [0, 0.05) is 17.8 Å². The Balaban J connectivity index is 1.62. The number of amides is 2. The van der Waals surface area contributed by atoms with Crippen LogP contribution in [0.5, 0.6) is 0 Å². The summed E-state index contributed by atoms with van der Waals surface area (Å²) in [6.45, 7) is 0. The van der Waals surface area contributed by atoms with E-state index in [9.17, 15) is 27.6 Å². The first kappa shape index (κ1) is 23.6. The van der Waals surface area contributed by atoms with Crippen LogP contribution in [0.4, 0.5) is 36.3 Å². The van der Waals surface area contributed by atoms with Crippen LogP contribution in [-0.4, -0.2) is 21.8 Å². The van der Waals surface area contributed by atoms with E-state index in [0.717, 1.165) is 12.1 Å². The topological polar surface area (TPSA) is 116 Å². The molecule has 0 bridgehead atoms. The molecule has 0 saturated heterocycles. The van der Waals surface area contributed by atoms with Crippen molar-refractivity contribution in [1.82, 2.24) is 9.97 Å². The number of rotatable bonds is 4. The molecule has 1 unspecified atom stereocenters. The Morgan fingerprint density at radius 2 is 1.82 bits per heavy atom. The maximum atomic E-state index is 13.0. The van der Waals surface area contributed by atoms with Gasteiger partial charge >= 0.3 is 6.18 Å². The first-order valence-corrected chi connectivity index (χ1v) is 10.4. The minimum Gasteiger partial charge on any atom is -0.326 e. The molecule has 4 rings (SSSR count). The third-order valence-corrected chi connectivity index (χ3v) is 5.65. The van der Waals surface area contributed by atoms with E-state index in [2.05, 4.69) is 25.9 Å². The van der Waals surface area contributed by atoms with E-state index in [-0.39, 0.29) is 39.5 Å². The van der Waals surface area contributed by atoms with Crippen LogP contribution in [0.3, 0.4) is 0 Å². The van der Waals surface area contributed by atoms with Gasteiger partial charge < -0.3 is 16.0 Å². The number of nitrogens with one attached hydrogen (secondary N) is 4. The highest BCUT2D eigenvalue weighted by Gasteiger charge is 2.35. The predicted molar refractivity (Wildman–Crippen MR) is 121 cm³/mol. The zero-order chi connectivity index (χ0) is 24.6. The Labute approximate surface area is 199 Å². The van der Waals surface area contributed by atoms with Crippen molar-refractivity contribution >= 4 is 58.2 Å². The molecule has 13 heteroatoms. The number of aromatic amines is 1. The maximum Gasteiger partial charge on any atom is 0.416 e. The lowest BCUT2D eigenvalue weighted by atomic mass is 9.92. The Morgan fingerprint density at radius 1 is 1.06 bits per heavy atom. The normalized spacial score (nSPS) is 15.3. The molecule has 4 N–H and O–H groups in total. The van der Waals surface area contributed by atoms with Gasteiger partial charge in [0.1, 0.15) is 5.82 Å². The van der Waals surface area contributed by atoms with E-state index in [0.29, 0.717) is 5.69 Å². The van der Waals surface area contributed by atoms with E-state index in [1.165, 1.54) is 30.3 Å². The van der Waals surface area contributed by atoms with Crippen molar-refractivity contribution in [1.29, 1.82) is 0 Å². The summed E-state index contributed by atoms with van der Waals surface area (Å²) in [5.74, 6) is -2.78. The molecule has 0 radical (unpaired) electrons. The second-order valence-electron chi connectivity index (χ2n) is 7.30. The average molecular weight is 512 g/mol. The Morgan fingerprint density at radius 3 is 2.53 bits per heavy atom. The predicted octanol–water partition coefficient (Wildman–Crippen LogP) is 4.90. The van der Waals surface area contributed by atoms with Crippen molar-refractivity contribution < 1.29 is 22.8 Å². The van der Waals surface area contributed by atoms with Gasteiger partial charge in [-0.25, -0.2) is 0 Å². The van der Waals surface area contributed by atoms with Crippen molar-refractivity contribution in [3.8, 4) is 0 Å². The highest BCUT2D eigenvalue weighted by atomic mass is 35.5. The van der Waals surface area contributed by atoms with E-state index in [4.69, 9.17) is 23.2 Å². The van der Waals surface area contributed by atoms with Crippen molar-refractivity contribution in [3.63, 3.8) is 0 Å². The summed E-state index contributed by atoms with van der Waals surface area (Å²) in [7, 11) is 0. The second-order valence-corrected chi connectivity index (χ2v) is 8.12. The molecule has 3 aromatic rings. The Kier molecular flexibility index (Phi) is 6.24. The van der Waals surface area contributed by atoms with Crippen LogP contribution in [0.1, 0.15) is 23.5 Å². The number of carbonyl (C=O) groups is 2.